The van der Waals surface area contributed by atoms with E-state index >= 15 is 0 Å². The number of carbonyl (C=O) groups is 1. The third-order valence-corrected chi connectivity index (χ3v) is 5.16. The van der Waals surface area contributed by atoms with Crippen molar-refractivity contribution in [3.8, 4) is 0 Å². The van der Waals surface area contributed by atoms with Crippen LogP contribution in [0.5, 0.6) is 0 Å². The molecule has 0 unspecified atom stereocenters. The Morgan fingerprint density at radius 1 is 1.33 bits per heavy atom. The van der Waals surface area contributed by atoms with Crippen LogP contribution < -0.4 is 5.32 Å². The van der Waals surface area contributed by atoms with Gasteiger partial charge < -0.3 is 10.3 Å². The molecule has 3 rings (SSSR count). The van der Waals surface area contributed by atoms with Gasteiger partial charge >= 0.3 is 0 Å². The van der Waals surface area contributed by atoms with Gasteiger partial charge in [0.15, 0.2) is 0 Å². The maximum atomic E-state index is 12.4. The molecule has 0 fully saturated rings. The molecule has 2 N–H and O–H groups in total. The highest BCUT2D eigenvalue weighted by Gasteiger charge is 2.15. The molecule has 0 aliphatic rings. The van der Waals surface area contributed by atoms with E-state index in [9.17, 15) is 4.79 Å². The number of hydrogen-bond acceptors (Lipinski definition) is 3. The fourth-order valence-corrected chi connectivity index (χ4v) is 4.02. The van der Waals surface area contributed by atoms with Gasteiger partial charge in [0.2, 0.25) is 0 Å². The number of hydrogen-bond donors (Lipinski definition) is 2. The van der Waals surface area contributed by atoms with Gasteiger partial charge in [0.1, 0.15) is 4.88 Å². The van der Waals surface area contributed by atoms with Gasteiger partial charge in [-0.3, -0.25) is 4.79 Å². The fraction of sp³-hybridized carbons (Fsp3) is 0.368. The lowest BCUT2D eigenvalue weighted by Gasteiger charge is -2.03. The second kappa shape index (κ2) is 7.18. The van der Waals surface area contributed by atoms with Gasteiger partial charge in [0.05, 0.1) is 10.7 Å². The Kier molecular flexibility index (Phi) is 5.00. The topological polar surface area (TPSA) is 57.8 Å². The second-order valence-electron chi connectivity index (χ2n) is 6.49. The number of benzene rings is 1. The van der Waals surface area contributed by atoms with Crippen LogP contribution in [0.2, 0.25) is 0 Å². The van der Waals surface area contributed by atoms with Crippen molar-refractivity contribution in [1.29, 1.82) is 0 Å². The van der Waals surface area contributed by atoms with Crippen molar-refractivity contribution in [2.24, 2.45) is 5.92 Å². The molecule has 126 valence electrons. The SMILES string of the molecule is Cc1nc(CC(C)C)sc1C(=O)NCCc1c[nH]c2ccccc12. The van der Waals surface area contributed by atoms with Crippen molar-refractivity contribution in [2.45, 2.75) is 33.6 Å². The molecule has 0 spiro atoms. The number of aryl methyl sites for hydroxylation is 1. The Hall–Kier alpha value is -2.14. The molecule has 3 aromatic rings. The molecule has 0 bridgehead atoms. The van der Waals surface area contributed by atoms with E-state index in [4.69, 9.17) is 0 Å². The molecule has 0 atom stereocenters. The molecule has 0 saturated heterocycles. The van der Waals surface area contributed by atoms with Gasteiger partial charge in [-0.25, -0.2) is 4.98 Å². The lowest BCUT2D eigenvalue weighted by Crippen LogP contribution is -2.25. The van der Waals surface area contributed by atoms with E-state index < -0.39 is 0 Å². The van der Waals surface area contributed by atoms with E-state index in [1.54, 1.807) is 0 Å². The zero-order valence-corrected chi connectivity index (χ0v) is 15.2. The number of para-hydroxylation sites is 1. The Morgan fingerprint density at radius 3 is 2.92 bits per heavy atom. The third-order valence-electron chi connectivity index (χ3n) is 3.98. The van der Waals surface area contributed by atoms with E-state index in [0.29, 0.717) is 12.5 Å². The summed E-state index contributed by atoms with van der Waals surface area (Å²) < 4.78 is 0. The molecule has 1 amide bonds. The van der Waals surface area contributed by atoms with Crippen LogP contribution in [0.4, 0.5) is 0 Å². The summed E-state index contributed by atoms with van der Waals surface area (Å²) >= 11 is 1.52. The number of H-pyrrole nitrogens is 1. The van der Waals surface area contributed by atoms with Crippen LogP contribution in [-0.4, -0.2) is 22.4 Å². The molecule has 1 aromatic carbocycles. The first kappa shape index (κ1) is 16.7. The molecule has 5 heteroatoms. The lowest BCUT2D eigenvalue weighted by molar-refractivity contribution is 0.0957. The molecule has 0 saturated carbocycles. The second-order valence-corrected chi connectivity index (χ2v) is 7.57. The first-order chi connectivity index (χ1) is 11.5. The third kappa shape index (κ3) is 3.67. The normalized spacial score (nSPS) is 11.3. The largest absolute Gasteiger partial charge is 0.361 e. The summed E-state index contributed by atoms with van der Waals surface area (Å²) in [7, 11) is 0. The van der Waals surface area contributed by atoms with Crippen molar-refractivity contribution in [2.75, 3.05) is 6.54 Å². The molecule has 0 aliphatic heterocycles. The van der Waals surface area contributed by atoms with Crippen LogP contribution in [0.3, 0.4) is 0 Å². The first-order valence-corrected chi connectivity index (χ1v) is 9.15. The predicted molar refractivity (Wildman–Crippen MR) is 99.7 cm³/mol. The number of rotatable bonds is 6. The minimum Gasteiger partial charge on any atom is -0.361 e. The number of nitrogens with zero attached hydrogens (tertiary/aromatic N) is 1. The number of aromatic amines is 1. The van der Waals surface area contributed by atoms with E-state index in [1.807, 2.05) is 25.3 Å². The molecular formula is C19H23N3OS. The average molecular weight is 341 g/mol. The summed E-state index contributed by atoms with van der Waals surface area (Å²) in [4.78, 5) is 20.9. The van der Waals surface area contributed by atoms with Gasteiger partial charge in [-0.05, 0) is 30.9 Å². The minimum atomic E-state index is -0.0140. The molecule has 0 aliphatic carbocycles. The van der Waals surface area contributed by atoms with Gasteiger partial charge in [-0.2, -0.15) is 0 Å². The molecule has 24 heavy (non-hydrogen) atoms. The Balaban J connectivity index is 1.60. The van der Waals surface area contributed by atoms with Crippen molar-refractivity contribution < 1.29 is 4.79 Å². The van der Waals surface area contributed by atoms with Crippen molar-refractivity contribution in [3.05, 3.63) is 51.6 Å². The summed E-state index contributed by atoms with van der Waals surface area (Å²) in [5.74, 6) is 0.535. The average Bonchev–Trinajstić information content (AvgIpc) is 3.10. The summed E-state index contributed by atoms with van der Waals surface area (Å²) in [6.45, 7) is 6.86. The lowest BCUT2D eigenvalue weighted by atomic mass is 10.1. The quantitative estimate of drug-likeness (QED) is 0.709. The highest BCUT2D eigenvalue weighted by atomic mass is 32.1. The molecule has 0 radical (unpaired) electrons. The van der Waals surface area contributed by atoms with Crippen molar-refractivity contribution in [1.82, 2.24) is 15.3 Å². The monoisotopic (exact) mass is 341 g/mol. The number of thiazole rings is 1. The highest BCUT2D eigenvalue weighted by Crippen LogP contribution is 2.21. The van der Waals surface area contributed by atoms with Crippen LogP contribution in [-0.2, 0) is 12.8 Å². The zero-order chi connectivity index (χ0) is 17.1. The molecule has 4 nitrogen and oxygen atoms in total. The molecule has 2 aromatic heterocycles. The van der Waals surface area contributed by atoms with Gasteiger partial charge in [-0.15, -0.1) is 11.3 Å². The van der Waals surface area contributed by atoms with E-state index in [2.05, 4.69) is 41.3 Å². The molecule has 2 heterocycles. The fourth-order valence-electron chi connectivity index (χ4n) is 2.83. The number of amides is 1. The zero-order valence-electron chi connectivity index (χ0n) is 14.3. The smallest absolute Gasteiger partial charge is 0.263 e. The standard InChI is InChI=1S/C19H23N3OS/c1-12(2)10-17-22-13(3)18(24-17)19(23)20-9-8-14-11-21-16-7-5-4-6-15(14)16/h4-7,11-12,21H,8-10H2,1-3H3,(H,20,23). The predicted octanol–water partition coefficient (Wildman–Crippen LogP) is 4.10. The van der Waals surface area contributed by atoms with Gasteiger partial charge in [0.25, 0.3) is 5.91 Å². The van der Waals surface area contributed by atoms with Gasteiger partial charge in [0, 0.05) is 30.1 Å². The maximum absolute atomic E-state index is 12.4. The summed E-state index contributed by atoms with van der Waals surface area (Å²) in [6.07, 6.45) is 3.76. The summed E-state index contributed by atoms with van der Waals surface area (Å²) in [6, 6.07) is 8.23. The van der Waals surface area contributed by atoms with Crippen molar-refractivity contribution >= 4 is 28.1 Å². The van der Waals surface area contributed by atoms with Crippen LogP contribution in [0.1, 0.15) is 39.8 Å². The first-order valence-electron chi connectivity index (χ1n) is 8.34. The number of carbonyl (C=O) groups excluding carboxylic acids is 1. The van der Waals surface area contributed by atoms with Crippen LogP contribution in [0.25, 0.3) is 10.9 Å². The van der Waals surface area contributed by atoms with Gasteiger partial charge in [-0.1, -0.05) is 32.0 Å². The summed E-state index contributed by atoms with van der Waals surface area (Å²) in [5, 5.41) is 5.29. The number of fused-ring (bicyclic) bond motifs is 1. The maximum Gasteiger partial charge on any atom is 0.263 e. The number of aromatic nitrogens is 2. The highest BCUT2D eigenvalue weighted by molar-refractivity contribution is 7.13. The van der Waals surface area contributed by atoms with Crippen LogP contribution >= 0.6 is 11.3 Å². The Bertz CT molecular complexity index is 847. The van der Waals surface area contributed by atoms with Crippen LogP contribution in [0.15, 0.2) is 30.5 Å². The Labute approximate surface area is 146 Å². The Morgan fingerprint density at radius 2 is 2.12 bits per heavy atom. The minimum absolute atomic E-state index is 0.0140. The molecular weight excluding hydrogens is 318 g/mol. The van der Waals surface area contributed by atoms with Crippen molar-refractivity contribution in [3.63, 3.8) is 0 Å². The van der Waals surface area contributed by atoms with E-state index in [0.717, 1.165) is 33.9 Å². The number of nitrogens with one attached hydrogen (secondary N) is 2. The van der Waals surface area contributed by atoms with E-state index in [-0.39, 0.29) is 5.91 Å². The summed E-state index contributed by atoms with van der Waals surface area (Å²) in [5.41, 5.74) is 3.20. The van der Waals surface area contributed by atoms with E-state index in [1.165, 1.54) is 22.3 Å². The van der Waals surface area contributed by atoms with Crippen LogP contribution in [0, 0.1) is 12.8 Å².